The van der Waals surface area contributed by atoms with Crippen molar-refractivity contribution < 1.29 is 23.9 Å². The van der Waals surface area contributed by atoms with E-state index in [1.807, 2.05) is 13.8 Å². The molecule has 0 aromatic heterocycles. The average molecular weight is 514 g/mol. The second kappa shape index (κ2) is 10.9. The molecule has 0 radical (unpaired) electrons. The maximum absolute atomic E-state index is 13.8. The summed E-state index contributed by atoms with van der Waals surface area (Å²) in [5.74, 6) is -0.00290. The summed E-state index contributed by atoms with van der Waals surface area (Å²) < 4.78 is 11.5. The fraction of sp³-hybridized carbons (Fsp3) is 0.444. The Balaban J connectivity index is 1.58. The fourth-order valence-corrected chi connectivity index (χ4v) is 4.93. The number of carbonyl (C=O) groups is 3. The molecule has 2 heterocycles. The SMILES string of the molecule is CCC(C)NC(=O)C1COC2(CCN(C(=O)c3cccc(Cl)c3)CC2)N1C(=O)c1ccc(OC)cc1. The maximum atomic E-state index is 13.8. The van der Waals surface area contributed by atoms with Crippen LogP contribution in [0.5, 0.6) is 5.75 Å². The molecule has 9 heteroatoms. The van der Waals surface area contributed by atoms with Gasteiger partial charge in [-0.1, -0.05) is 24.6 Å². The van der Waals surface area contributed by atoms with Gasteiger partial charge >= 0.3 is 0 Å². The highest BCUT2D eigenvalue weighted by atomic mass is 35.5. The molecule has 2 aromatic rings. The fourth-order valence-electron chi connectivity index (χ4n) is 4.74. The Kier molecular flexibility index (Phi) is 7.85. The number of nitrogens with zero attached hydrogens (tertiary/aromatic N) is 2. The lowest BCUT2D eigenvalue weighted by Crippen LogP contribution is -2.60. The number of likely N-dealkylation sites (tertiary alicyclic amines) is 1. The summed E-state index contributed by atoms with van der Waals surface area (Å²) in [5, 5.41) is 3.49. The van der Waals surface area contributed by atoms with Gasteiger partial charge < -0.3 is 19.7 Å². The first-order valence-corrected chi connectivity index (χ1v) is 12.6. The number of piperidine rings is 1. The second-order valence-corrected chi connectivity index (χ2v) is 9.73. The van der Waals surface area contributed by atoms with Gasteiger partial charge in [-0.25, -0.2) is 0 Å². The number of benzene rings is 2. The highest BCUT2D eigenvalue weighted by Gasteiger charge is 2.54. The van der Waals surface area contributed by atoms with Crippen LogP contribution in [0.1, 0.15) is 53.8 Å². The Labute approximate surface area is 216 Å². The molecule has 192 valence electrons. The number of ether oxygens (including phenoxy) is 2. The molecule has 2 aliphatic rings. The number of methoxy groups -OCH3 is 1. The topological polar surface area (TPSA) is 88.2 Å². The zero-order valence-electron chi connectivity index (χ0n) is 20.8. The van der Waals surface area contributed by atoms with E-state index in [1.165, 1.54) is 0 Å². The van der Waals surface area contributed by atoms with Crippen LogP contribution < -0.4 is 10.1 Å². The van der Waals surface area contributed by atoms with Crippen LogP contribution in [0.25, 0.3) is 0 Å². The van der Waals surface area contributed by atoms with Crippen LogP contribution in [0.4, 0.5) is 0 Å². The molecule has 1 N–H and O–H groups in total. The average Bonchev–Trinajstić information content (AvgIpc) is 3.26. The van der Waals surface area contributed by atoms with Crippen LogP contribution in [-0.4, -0.2) is 72.1 Å². The van der Waals surface area contributed by atoms with Gasteiger partial charge in [-0.3, -0.25) is 19.3 Å². The summed E-state index contributed by atoms with van der Waals surface area (Å²) in [6.07, 6.45) is 1.57. The molecular formula is C27H32ClN3O5. The Morgan fingerprint density at radius 3 is 2.42 bits per heavy atom. The second-order valence-electron chi connectivity index (χ2n) is 9.30. The smallest absolute Gasteiger partial charge is 0.256 e. The lowest BCUT2D eigenvalue weighted by atomic mass is 9.96. The van der Waals surface area contributed by atoms with E-state index in [-0.39, 0.29) is 30.4 Å². The van der Waals surface area contributed by atoms with E-state index in [9.17, 15) is 14.4 Å². The van der Waals surface area contributed by atoms with E-state index in [0.717, 1.165) is 6.42 Å². The normalized spacial score (nSPS) is 19.7. The van der Waals surface area contributed by atoms with Gasteiger partial charge in [0.1, 0.15) is 17.5 Å². The maximum Gasteiger partial charge on any atom is 0.256 e. The van der Waals surface area contributed by atoms with E-state index in [2.05, 4.69) is 5.32 Å². The summed E-state index contributed by atoms with van der Waals surface area (Å²) in [4.78, 5) is 43.4. The molecule has 0 bridgehead atoms. The zero-order valence-corrected chi connectivity index (χ0v) is 21.6. The largest absolute Gasteiger partial charge is 0.497 e. The first kappa shape index (κ1) is 26.0. The van der Waals surface area contributed by atoms with Crippen molar-refractivity contribution in [1.29, 1.82) is 0 Å². The van der Waals surface area contributed by atoms with E-state index >= 15 is 0 Å². The quantitative estimate of drug-likeness (QED) is 0.635. The van der Waals surface area contributed by atoms with Crippen LogP contribution in [0.3, 0.4) is 0 Å². The van der Waals surface area contributed by atoms with Crippen LogP contribution in [0.2, 0.25) is 5.02 Å². The van der Waals surface area contributed by atoms with Crippen molar-refractivity contribution in [3.8, 4) is 5.75 Å². The van der Waals surface area contributed by atoms with Crippen LogP contribution >= 0.6 is 11.6 Å². The van der Waals surface area contributed by atoms with Gasteiger partial charge in [0, 0.05) is 48.1 Å². The van der Waals surface area contributed by atoms with Crippen LogP contribution in [-0.2, 0) is 9.53 Å². The molecule has 4 rings (SSSR count). The first-order chi connectivity index (χ1) is 17.3. The minimum Gasteiger partial charge on any atom is -0.497 e. The molecule has 2 aromatic carbocycles. The highest BCUT2D eigenvalue weighted by molar-refractivity contribution is 6.30. The number of hydrogen-bond donors (Lipinski definition) is 1. The number of amides is 3. The van der Waals surface area contributed by atoms with Crippen LogP contribution in [0, 0.1) is 0 Å². The summed E-state index contributed by atoms with van der Waals surface area (Å²) in [5.41, 5.74) is -0.0123. The molecule has 2 unspecified atom stereocenters. The summed E-state index contributed by atoms with van der Waals surface area (Å²) in [7, 11) is 1.56. The molecule has 0 aliphatic carbocycles. The van der Waals surface area contributed by atoms with Gasteiger partial charge in [0.2, 0.25) is 5.91 Å². The lowest BCUT2D eigenvalue weighted by molar-refractivity contribution is -0.128. The molecule has 2 fully saturated rings. The molecule has 36 heavy (non-hydrogen) atoms. The standard InChI is InChI=1S/C27H32ClN3O5/c1-4-18(2)29-24(32)23-17-36-27(31(23)26(34)19-8-10-22(35-3)11-9-19)12-14-30(15-13-27)25(33)20-6-5-7-21(28)16-20/h5-11,16,18,23H,4,12-15,17H2,1-3H3,(H,29,32). The minimum absolute atomic E-state index is 0.0239. The molecule has 8 nitrogen and oxygen atoms in total. The number of nitrogens with one attached hydrogen (secondary N) is 1. The van der Waals surface area contributed by atoms with Crippen molar-refractivity contribution >= 4 is 29.3 Å². The number of carbonyl (C=O) groups excluding carboxylic acids is 3. The zero-order chi connectivity index (χ0) is 25.9. The molecule has 0 saturated carbocycles. The highest BCUT2D eigenvalue weighted by Crippen LogP contribution is 2.39. The van der Waals surface area contributed by atoms with Gasteiger partial charge in [-0.15, -0.1) is 0 Å². The number of hydrogen-bond acceptors (Lipinski definition) is 5. The van der Waals surface area contributed by atoms with E-state index in [1.54, 1.807) is 65.4 Å². The molecule has 2 aliphatic heterocycles. The Hall–Kier alpha value is -3.10. The summed E-state index contributed by atoms with van der Waals surface area (Å²) in [6, 6.07) is 12.9. The van der Waals surface area contributed by atoms with Gasteiger partial charge in [0.05, 0.1) is 13.7 Å². The first-order valence-electron chi connectivity index (χ1n) is 12.2. The van der Waals surface area contributed by atoms with E-state index in [0.29, 0.717) is 47.8 Å². The van der Waals surface area contributed by atoms with Gasteiger partial charge in [0.15, 0.2) is 0 Å². The Morgan fingerprint density at radius 2 is 1.81 bits per heavy atom. The molecular weight excluding hydrogens is 482 g/mol. The third kappa shape index (κ3) is 5.20. The summed E-state index contributed by atoms with van der Waals surface area (Å²) >= 11 is 6.07. The Bertz CT molecular complexity index is 1110. The van der Waals surface area contributed by atoms with Crippen molar-refractivity contribution in [3.05, 3.63) is 64.7 Å². The van der Waals surface area contributed by atoms with Crippen molar-refractivity contribution in [2.75, 3.05) is 26.8 Å². The molecule has 2 saturated heterocycles. The molecule has 3 amide bonds. The van der Waals surface area contributed by atoms with Crippen molar-refractivity contribution in [2.24, 2.45) is 0 Å². The molecule has 1 spiro atoms. The Morgan fingerprint density at radius 1 is 1.11 bits per heavy atom. The van der Waals surface area contributed by atoms with Gasteiger partial charge in [-0.05, 0) is 55.8 Å². The molecule has 2 atom stereocenters. The lowest BCUT2D eigenvalue weighted by Gasteiger charge is -2.44. The third-order valence-corrected chi connectivity index (χ3v) is 7.26. The number of halogens is 1. The van der Waals surface area contributed by atoms with Crippen LogP contribution in [0.15, 0.2) is 48.5 Å². The third-order valence-electron chi connectivity index (χ3n) is 7.02. The van der Waals surface area contributed by atoms with Crippen molar-refractivity contribution in [2.45, 2.75) is 50.9 Å². The van der Waals surface area contributed by atoms with Gasteiger partial charge in [0.25, 0.3) is 11.8 Å². The van der Waals surface area contributed by atoms with Crippen molar-refractivity contribution in [3.63, 3.8) is 0 Å². The predicted octanol–water partition coefficient (Wildman–Crippen LogP) is 3.74. The number of rotatable bonds is 6. The van der Waals surface area contributed by atoms with E-state index in [4.69, 9.17) is 21.1 Å². The predicted molar refractivity (Wildman–Crippen MR) is 136 cm³/mol. The van der Waals surface area contributed by atoms with Crippen molar-refractivity contribution in [1.82, 2.24) is 15.1 Å². The summed E-state index contributed by atoms with van der Waals surface area (Å²) in [6.45, 7) is 4.80. The van der Waals surface area contributed by atoms with E-state index < -0.39 is 11.8 Å². The van der Waals surface area contributed by atoms with Gasteiger partial charge in [-0.2, -0.15) is 0 Å². The monoisotopic (exact) mass is 513 g/mol. The minimum atomic E-state index is -0.973.